The summed E-state index contributed by atoms with van der Waals surface area (Å²) in [4.78, 5) is 22.5. The lowest BCUT2D eigenvalue weighted by Crippen LogP contribution is -2.05. The molecular weight excluding hydrogens is 617 g/mol. The first-order valence-electron chi connectivity index (χ1n) is 22.7. The summed E-state index contributed by atoms with van der Waals surface area (Å²) in [5.41, 5.74) is 0. The molecule has 0 spiro atoms. The number of allylic oxidation sites excluding steroid dienone is 2. The molecule has 0 aromatic carbocycles. The molecule has 0 atom stereocenters. The van der Waals surface area contributed by atoms with Crippen molar-refractivity contribution in [3.05, 3.63) is 12.2 Å². The number of hydrogen-bond acceptors (Lipinski definition) is 3. The van der Waals surface area contributed by atoms with E-state index >= 15 is 0 Å². The van der Waals surface area contributed by atoms with E-state index in [0.717, 1.165) is 25.7 Å². The Balaban J connectivity index is 3.16. The number of carbonyl (C=O) groups excluding carboxylic acids is 1. The number of aliphatic carboxylic acids is 1. The third-order valence-corrected chi connectivity index (χ3v) is 10.4. The quantitative estimate of drug-likeness (QED) is 0.0390. The smallest absolute Gasteiger partial charge is 0.305 e. The van der Waals surface area contributed by atoms with Gasteiger partial charge in [-0.05, 0) is 44.9 Å². The van der Waals surface area contributed by atoms with Crippen LogP contribution < -0.4 is 0 Å². The van der Waals surface area contributed by atoms with E-state index in [2.05, 4.69) is 19.1 Å². The monoisotopic (exact) mass is 705 g/mol. The minimum absolute atomic E-state index is 0.0159. The lowest BCUT2D eigenvalue weighted by atomic mass is 10.0. The molecule has 0 aliphatic rings. The predicted octanol–water partition coefficient (Wildman–Crippen LogP) is 15.8. The van der Waals surface area contributed by atoms with Crippen LogP contribution in [0, 0.1) is 0 Å². The molecule has 0 aliphatic carbocycles. The van der Waals surface area contributed by atoms with Crippen molar-refractivity contribution < 1.29 is 19.4 Å². The van der Waals surface area contributed by atoms with Gasteiger partial charge >= 0.3 is 11.9 Å². The summed E-state index contributed by atoms with van der Waals surface area (Å²) in [5, 5.41) is 8.65. The predicted molar refractivity (Wildman–Crippen MR) is 218 cm³/mol. The van der Waals surface area contributed by atoms with Gasteiger partial charge in [0.15, 0.2) is 0 Å². The van der Waals surface area contributed by atoms with Crippen molar-refractivity contribution >= 4 is 11.9 Å². The summed E-state index contributed by atoms with van der Waals surface area (Å²) in [7, 11) is 0. The van der Waals surface area contributed by atoms with Crippen molar-refractivity contribution in [2.45, 2.75) is 264 Å². The molecule has 0 saturated heterocycles. The van der Waals surface area contributed by atoms with Crippen molar-refractivity contribution in [2.75, 3.05) is 6.61 Å². The maximum absolute atomic E-state index is 12.0. The number of carboxylic acid groups (broad SMARTS) is 1. The Morgan fingerprint density at radius 3 is 1.00 bits per heavy atom. The molecule has 0 aromatic rings. The van der Waals surface area contributed by atoms with Gasteiger partial charge in [-0.15, -0.1) is 0 Å². The van der Waals surface area contributed by atoms with Crippen LogP contribution in [-0.4, -0.2) is 23.7 Å². The standard InChI is InChI=1S/C46H88O4/c1-2-3-4-5-6-7-8-9-10-18-22-25-28-31-34-37-40-43-46(49)50-44-41-38-35-32-29-26-23-20-17-15-13-11-12-14-16-19-21-24-27-30-33-36-39-42-45(47)48/h7-8H,2-6,9-44H2,1H3,(H,47,48). The number of rotatable bonds is 43. The summed E-state index contributed by atoms with van der Waals surface area (Å²) in [6.45, 7) is 2.89. The van der Waals surface area contributed by atoms with Crippen LogP contribution in [0.1, 0.15) is 264 Å². The lowest BCUT2D eigenvalue weighted by molar-refractivity contribution is -0.144. The van der Waals surface area contributed by atoms with Gasteiger partial charge in [0.05, 0.1) is 6.61 Å². The number of hydrogen-bond donors (Lipinski definition) is 1. The molecule has 50 heavy (non-hydrogen) atoms. The van der Waals surface area contributed by atoms with Gasteiger partial charge in [0, 0.05) is 12.8 Å². The van der Waals surface area contributed by atoms with Gasteiger partial charge in [-0.25, -0.2) is 0 Å². The average Bonchev–Trinajstić information content (AvgIpc) is 3.11. The van der Waals surface area contributed by atoms with Crippen molar-refractivity contribution in [2.24, 2.45) is 0 Å². The molecule has 0 aromatic heterocycles. The molecule has 4 nitrogen and oxygen atoms in total. The van der Waals surface area contributed by atoms with Crippen LogP contribution in [0.5, 0.6) is 0 Å². The highest BCUT2D eigenvalue weighted by Gasteiger charge is 2.03. The van der Waals surface area contributed by atoms with Crippen LogP contribution in [0.15, 0.2) is 12.2 Å². The maximum atomic E-state index is 12.0. The Bertz CT molecular complexity index is 702. The molecular formula is C46H88O4. The molecule has 0 aliphatic heterocycles. The zero-order valence-electron chi connectivity index (χ0n) is 33.8. The fourth-order valence-electron chi connectivity index (χ4n) is 7.04. The zero-order chi connectivity index (χ0) is 36.3. The molecule has 0 radical (unpaired) electrons. The van der Waals surface area contributed by atoms with Gasteiger partial charge in [0.25, 0.3) is 0 Å². The minimum atomic E-state index is -0.656. The van der Waals surface area contributed by atoms with Crippen molar-refractivity contribution in [3.63, 3.8) is 0 Å². The second-order valence-corrected chi connectivity index (χ2v) is 15.5. The molecule has 0 unspecified atom stereocenters. The topological polar surface area (TPSA) is 63.6 Å². The number of carboxylic acids is 1. The second-order valence-electron chi connectivity index (χ2n) is 15.5. The van der Waals surface area contributed by atoms with Crippen LogP contribution in [0.4, 0.5) is 0 Å². The highest BCUT2D eigenvalue weighted by molar-refractivity contribution is 5.69. The van der Waals surface area contributed by atoms with E-state index < -0.39 is 5.97 Å². The van der Waals surface area contributed by atoms with E-state index in [1.54, 1.807) is 0 Å². The second kappa shape index (κ2) is 43.8. The fraction of sp³-hybridized carbons (Fsp3) is 0.913. The molecule has 4 heteroatoms. The Labute approximate surface area is 313 Å². The normalized spacial score (nSPS) is 11.5. The highest BCUT2D eigenvalue weighted by atomic mass is 16.5. The van der Waals surface area contributed by atoms with Gasteiger partial charge in [-0.3, -0.25) is 9.59 Å². The van der Waals surface area contributed by atoms with Gasteiger partial charge in [-0.1, -0.05) is 218 Å². The van der Waals surface area contributed by atoms with E-state index in [-0.39, 0.29) is 5.97 Å². The molecule has 0 rings (SSSR count). The fourth-order valence-corrected chi connectivity index (χ4v) is 7.04. The van der Waals surface area contributed by atoms with Gasteiger partial charge in [0.1, 0.15) is 0 Å². The van der Waals surface area contributed by atoms with Crippen molar-refractivity contribution in [3.8, 4) is 0 Å². The van der Waals surface area contributed by atoms with Crippen LogP contribution in [0.3, 0.4) is 0 Å². The lowest BCUT2D eigenvalue weighted by Gasteiger charge is -2.06. The first-order chi connectivity index (χ1) is 24.7. The van der Waals surface area contributed by atoms with Gasteiger partial charge in [0.2, 0.25) is 0 Å². The first kappa shape index (κ1) is 48.7. The maximum Gasteiger partial charge on any atom is 0.305 e. The molecule has 0 heterocycles. The average molecular weight is 705 g/mol. The van der Waals surface area contributed by atoms with E-state index in [9.17, 15) is 9.59 Å². The third-order valence-electron chi connectivity index (χ3n) is 10.4. The van der Waals surface area contributed by atoms with Crippen LogP contribution in [-0.2, 0) is 14.3 Å². The van der Waals surface area contributed by atoms with Crippen LogP contribution in [0.2, 0.25) is 0 Å². The Morgan fingerprint density at radius 1 is 0.380 bits per heavy atom. The molecule has 0 amide bonds. The van der Waals surface area contributed by atoms with Gasteiger partial charge < -0.3 is 9.84 Å². The van der Waals surface area contributed by atoms with E-state index in [1.165, 1.54) is 218 Å². The number of unbranched alkanes of at least 4 members (excludes halogenated alkanes) is 35. The molecule has 296 valence electrons. The molecule has 0 saturated carbocycles. The zero-order valence-corrected chi connectivity index (χ0v) is 33.8. The van der Waals surface area contributed by atoms with E-state index in [4.69, 9.17) is 9.84 Å². The first-order valence-corrected chi connectivity index (χ1v) is 22.7. The summed E-state index contributed by atoms with van der Waals surface area (Å²) in [6.07, 6.45) is 55.5. The summed E-state index contributed by atoms with van der Waals surface area (Å²) >= 11 is 0. The van der Waals surface area contributed by atoms with E-state index in [1.807, 2.05) is 0 Å². The SMILES string of the molecule is CCCCCCC=CCCCCCCCCCCCC(=O)OCCCCCCCCCCCCCCCCCCCCCCCCCC(=O)O. The van der Waals surface area contributed by atoms with E-state index in [0.29, 0.717) is 19.4 Å². The third kappa shape index (κ3) is 44.7. The highest BCUT2D eigenvalue weighted by Crippen LogP contribution is 2.16. The molecule has 0 fully saturated rings. The number of esters is 1. The number of ether oxygens (including phenoxy) is 1. The Morgan fingerprint density at radius 2 is 0.660 bits per heavy atom. The largest absolute Gasteiger partial charge is 0.481 e. The summed E-state index contributed by atoms with van der Waals surface area (Å²) in [6, 6.07) is 0. The van der Waals surface area contributed by atoms with Crippen LogP contribution >= 0.6 is 0 Å². The van der Waals surface area contributed by atoms with Gasteiger partial charge in [-0.2, -0.15) is 0 Å². The minimum Gasteiger partial charge on any atom is -0.481 e. The Kier molecular flexibility index (Phi) is 42.7. The Hall–Kier alpha value is -1.32. The van der Waals surface area contributed by atoms with Crippen molar-refractivity contribution in [1.82, 2.24) is 0 Å². The number of carbonyl (C=O) groups is 2. The molecule has 0 bridgehead atoms. The van der Waals surface area contributed by atoms with Crippen molar-refractivity contribution in [1.29, 1.82) is 0 Å². The summed E-state index contributed by atoms with van der Waals surface area (Å²) < 4.78 is 5.47. The molecule has 1 N–H and O–H groups in total. The summed E-state index contributed by atoms with van der Waals surface area (Å²) in [5.74, 6) is -0.640. The van der Waals surface area contributed by atoms with Crippen LogP contribution in [0.25, 0.3) is 0 Å².